The van der Waals surface area contributed by atoms with E-state index in [0.717, 1.165) is 38.2 Å². The number of carbonyl (C=O) groups is 1. The Bertz CT molecular complexity index is 168. The summed E-state index contributed by atoms with van der Waals surface area (Å²) in [6.45, 7) is 5.43. The lowest BCUT2D eigenvalue weighted by Crippen LogP contribution is -2.39. The van der Waals surface area contributed by atoms with Crippen molar-refractivity contribution in [3.63, 3.8) is 0 Å². The summed E-state index contributed by atoms with van der Waals surface area (Å²) in [6, 6.07) is 0. The number of nitrogens with one attached hydrogen (secondary N) is 1. The largest absolute Gasteiger partial charge is 0.341 e. The molecule has 0 spiro atoms. The molecular formula is C10H20N2OS. The Morgan fingerprint density at radius 3 is 3.07 bits per heavy atom. The lowest BCUT2D eigenvalue weighted by molar-refractivity contribution is -0.129. The standard InChI is InChI=1S/C10H20N2OS/c1-2-4-11-9-10(13)12-5-3-7-14-8-6-12/h11H,2-9H2,1H3. The molecule has 0 radical (unpaired) electrons. The molecule has 1 heterocycles. The average molecular weight is 216 g/mol. The zero-order chi connectivity index (χ0) is 10.2. The molecule has 1 N–H and O–H groups in total. The van der Waals surface area contributed by atoms with Gasteiger partial charge in [-0.15, -0.1) is 0 Å². The van der Waals surface area contributed by atoms with Crippen LogP contribution in [0.25, 0.3) is 0 Å². The summed E-state index contributed by atoms with van der Waals surface area (Å²) in [7, 11) is 0. The van der Waals surface area contributed by atoms with Crippen LogP contribution in [0.15, 0.2) is 0 Å². The molecule has 0 aromatic rings. The summed E-state index contributed by atoms with van der Waals surface area (Å²) in [6.07, 6.45) is 2.23. The fourth-order valence-electron chi connectivity index (χ4n) is 1.48. The summed E-state index contributed by atoms with van der Waals surface area (Å²) in [5, 5.41) is 3.15. The molecule has 4 heteroatoms. The van der Waals surface area contributed by atoms with E-state index >= 15 is 0 Å². The number of amides is 1. The van der Waals surface area contributed by atoms with Gasteiger partial charge in [-0.25, -0.2) is 0 Å². The van der Waals surface area contributed by atoms with Crippen LogP contribution in [-0.2, 0) is 4.79 Å². The van der Waals surface area contributed by atoms with Gasteiger partial charge in [0.15, 0.2) is 0 Å². The lowest BCUT2D eigenvalue weighted by Gasteiger charge is -2.19. The maximum atomic E-state index is 11.7. The van der Waals surface area contributed by atoms with Crippen molar-refractivity contribution in [3.8, 4) is 0 Å². The molecular weight excluding hydrogens is 196 g/mol. The first kappa shape index (κ1) is 11.9. The quantitative estimate of drug-likeness (QED) is 0.710. The van der Waals surface area contributed by atoms with Gasteiger partial charge in [-0.3, -0.25) is 4.79 Å². The molecule has 0 saturated carbocycles. The van der Waals surface area contributed by atoms with Gasteiger partial charge in [0.1, 0.15) is 0 Å². The van der Waals surface area contributed by atoms with Gasteiger partial charge in [0.25, 0.3) is 0 Å². The van der Waals surface area contributed by atoms with Gasteiger partial charge in [0.2, 0.25) is 5.91 Å². The third-order valence-electron chi connectivity index (χ3n) is 2.28. The van der Waals surface area contributed by atoms with Crippen molar-refractivity contribution in [2.24, 2.45) is 0 Å². The molecule has 0 unspecified atom stereocenters. The fourth-order valence-corrected chi connectivity index (χ4v) is 2.37. The van der Waals surface area contributed by atoms with Crippen molar-refractivity contribution in [2.45, 2.75) is 19.8 Å². The summed E-state index contributed by atoms with van der Waals surface area (Å²) >= 11 is 1.95. The number of hydrogen-bond acceptors (Lipinski definition) is 3. The first-order valence-electron chi connectivity index (χ1n) is 5.41. The molecule has 1 saturated heterocycles. The van der Waals surface area contributed by atoms with Crippen molar-refractivity contribution in [1.82, 2.24) is 10.2 Å². The molecule has 14 heavy (non-hydrogen) atoms. The Balaban J connectivity index is 2.20. The van der Waals surface area contributed by atoms with Crippen LogP contribution in [0, 0.1) is 0 Å². The molecule has 1 amide bonds. The molecule has 1 fully saturated rings. The molecule has 82 valence electrons. The SMILES string of the molecule is CCCNCC(=O)N1CCCSCC1. The second-order valence-electron chi connectivity index (χ2n) is 3.52. The second kappa shape index (κ2) is 7.12. The highest BCUT2D eigenvalue weighted by molar-refractivity contribution is 7.99. The maximum absolute atomic E-state index is 11.7. The molecule has 1 rings (SSSR count). The Morgan fingerprint density at radius 2 is 2.29 bits per heavy atom. The second-order valence-corrected chi connectivity index (χ2v) is 4.75. The van der Waals surface area contributed by atoms with Crippen molar-refractivity contribution in [1.29, 1.82) is 0 Å². The molecule has 0 atom stereocenters. The van der Waals surface area contributed by atoms with E-state index in [0.29, 0.717) is 6.54 Å². The van der Waals surface area contributed by atoms with Crippen LogP contribution in [0.4, 0.5) is 0 Å². The number of hydrogen-bond donors (Lipinski definition) is 1. The van der Waals surface area contributed by atoms with E-state index in [1.807, 2.05) is 16.7 Å². The number of nitrogens with zero attached hydrogens (tertiary/aromatic N) is 1. The van der Waals surface area contributed by atoms with E-state index in [-0.39, 0.29) is 5.91 Å². The van der Waals surface area contributed by atoms with Gasteiger partial charge >= 0.3 is 0 Å². The summed E-state index contributed by atoms with van der Waals surface area (Å²) in [5.74, 6) is 2.56. The highest BCUT2D eigenvalue weighted by Crippen LogP contribution is 2.09. The van der Waals surface area contributed by atoms with E-state index in [2.05, 4.69) is 12.2 Å². The maximum Gasteiger partial charge on any atom is 0.236 e. The molecule has 1 aliphatic heterocycles. The van der Waals surface area contributed by atoms with Gasteiger partial charge in [-0.1, -0.05) is 6.92 Å². The average Bonchev–Trinajstić information content (AvgIpc) is 2.46. The van der Waals surface area contributed by atoms with Crippen LogP contribution < -0.4 is 5.32 Å². The highest BCUT2D eigenvalue weighted by atomic mass is 32.2. The third kappa shape index (κ3) is 4.33. The molecule has 0 bridgehead atoms. The van der Waals surface area contributed by atoms with Crippen molar-refractivity contribution >= 4 is 17.7 Å². The minimum absolute atomic E-state index is 0.265. The van der Waals surface area contributed by atoms with E-state index in [1.54, 1.807) is 0 Å². The number of thioether (sulfide) groups is 1. The van der Waals surface area contributed by atoms with Crippen LogP contribution in [0.1, 0.15) is 19.8 Å². The van der Waals surface area contributed by atoms with Gasteiger partial charge in [-0.05, 0) is 25.1 Å². The van der Waals surface area contributed by atoms with Crippen LogP contribution in [-0.4, -0.2) is 48.5 Å². The monoisotopic (exact) mass is 216 g/mol. The Hall–Kier alpha value is -0.220. The van der Waals surface area contributed by atoms with E-state index in [1.165, 1.54) is 5.75 Å². The Morgan fingerprint density at radius 1 is 1.43 bits per heavy atom. The van der Waals surface area contributed by atoms with Gasteiger partial charge < -0.3 is 10.2 Å². The minimum Gasteiger partial charge on any atom is -0.341 e. The van der Waals surface area contributed by atoms with Crippen molar-refractivity contribution in [3.05, 3.63) is 0 Å². The Labute approximate surface area is 90.6 Å². The molecule has 1 aliphatic rings. The summed E-state index contributed by atoms with van der Waals surface area (Å²) < 4.78 is 0. The first-order chi connectivity index (χ1) is 6.84. The van der Waals surface area contributed by atoms with E-state index in [9.17, 15) is 4.79 Å². The van der Waals surface area contributed by atoms with Gasteiger partial charge in [-0.2, -0.15) is 11.8 Å². The van der Waals surface area contributed by atoms with E-state index in [4.69, 9.17) is 0 Å². The molecule has 3 nitrogen and oxygen atoms in total. The van der Waals surface area contributed by atoms with Gasteiger partial charge in [0.05, 0.1) is 6.54 Å². The van der Waals surface area contributed by atoms with Gasteiger partial charge in [0, 0.05) is 18.8 Å². The molecule has 0 aromatic carbocycles. The lowest BCUT2D eigenvalue weighted by atomic mass is 10.3. The normalized spacial score (nSPS) is 17.9. The van der Waals surface area contributed by atoms with Crippen LogP contribution >= 0.6 is 11.8 Å². The smallest absolute Gasteiger partial charge is 0.236 e. The molecule has 0 aromatic heterocycles. The number of rotatable bonds is 4. The Kier molecular flexibility index (Phi) is 6.03. The zero-order valence-corrected chi connectivity index (χ0v) is 9.74. The van der Waals surface area contributed by atoms with Crippen LogP contribution in [0.3, 0.4) is 0 Å². The fraction of sp³-hybridized carbons (Fsp3) is 0.900. The van der Waals surface area contributed by atoms with Crippen LogP contribution in [0.5, 0.6) is 0 Å². The van der Waals surface area contributed by atoms with Crippen molar-refractivity contribution < 1.29 is 4.79 Å². The minimum atomic E-state index is 0.265. The number of carbonyl (C=O) groups excluding carboxylic acids is 1. The summed E-state index contributed by atoms with van der Waals surface area (Å²) in [4.78, 5) is 13.7. The predicted octanol–water partition coefficient (Wildman–Crippen LogP) is 0.952. The third-order valence-corrected chi connectivity index (χ3v) is 3.33. The first-order valence-corrected chi connectivity index (χ1v) is 6.56. The van der Waals surface area contributed by atoms with E-state index < -0.39 is 0 Å². The topological polar surface area (TPSA) is 32.3 Å². The van der Waals surface area contributed by atoms with Crippen molar-refractivity contribution in [2.75, 3.05) is 37.7 Å². The summed E-state index contributed by atoms with van der Waals surface area (Å²) in [5.41, 5.74) is 0. The van der Waals surface area contributed by atoms with Crippen LogP contribution in [0.2, 0.25) is 0 Å². The molecule has 0 aliphatic carbocycles. The highest BCUT2D eigenvalue weighted by Gasteiger charge is 2.14. The predicted molar refractivity (Wildman–Crippen MR) is 61.7 cm³/mol. The zero-order valence-electron chi connectivity index (χ0n) is 8.92.